The van der Waals surface area contributed by atoms with Gasteiger partial charge in [0.2, 0.25) is 0 Å². The first kappa shape index (κ1) is 29.2. The lowest BCUT2D eigenvalue weighted by Crippen LogP contribution is -2.16. The van der Waals surface area contributed by atoms with Crippen molar-refractivity contribution in [3.05, 3.63) is 70.9 Å². The van der Waals surface area contributed by atoms with E-state index in [0.717, 1.165) is 12.0 Å². The third-order valence-electron chi connectivity index (χ3n) is 5.38. The van der Waals surface area contributed by atoms with Gasteiger partial charge in [-0.3, -0.25) is 4.79 Å². The number of terminal acetylenes is 1. The number of hydrogen-bond acceptors (Lipinski definition) is 5. The Bertz CT molecular complexity index is 1010. The van der Waals surface area contributed by atoms with Crippen LogP contribution in [-0.4, -0.2) is 29.5 Å². The number of rotatable bonds is 10. The fourth-order valence-corrected chi connectivity index (χ4v) is 4.78. The number of ketones is 1. The molecule has 1 aromatic carbocycles. The number of nitrogens with two attached hydrogens (primary N) is 1. The third-order valence-corrected chi connectivity index (χ3v) is 6.63. The second kappa shape index (κ2) is 13.1. The topological polar surface area (TPSA) is 64.7 Å². The van der Waals surface area contributed by atoms with Crippen molar-refractivity contribution in [2.24, 2.45) is 16.6 Å². The number of halogens is 2. The number of aliphatic imine (C=N–C) groups is 1. The van der Waals surface area contributed by atoms with Crippen LogP contribution in [0.2, 0.25) is 0 Å². The maximum atomic E-state index is 13.9. The van der Waals surface area contributed by atoms with Crippen LogP contribution in [0.5, 0.6) is 0 Å². The molecule has 0 heterocycles. The van der Waals surface area contributed by atoms with Crippen molar-refractivity contribution < 1.29 is 18.3 Å². The molecule has 1 aliphatic carbocycles. The number of hydrogen-bond donors (Lipinski definition) is 1. The van der Waals surface area contributed by atoms with Gasteiger partial charge in [-0.15, -0.1) is 6.42 Å². The van der Waals surface area contributed by atoms with E-state index >= 15 is 0 Å². The van der Waals surface area contributed by atoms with E-state index in [-0.39, 0.29) is 30.0 Å². The fourth-order valence-electron chi connectivity index (χ4n) is 3.58. The molecule has 3 atom stereocenters. The Hall–Kier alpha value is -2.85. The molecule has 0 saturated heterocycles. The summed E-state index contributed by atoms with van der Waals surface area (Å²) in [6.07, 6.45) is 7.21. The van der Waals surface area contributed by atoms with Crippen LogP contribution < -0.4 is 5.73 Å². The molecule has 0 bridgehead atoms. The summed E-state index contributed by atoms with van der Waals surface area (Å²) in [5.74, 6) is 2.66. The number of carbonyl (C=O) groups excluding carboxylic acids is 1. The smallest absolute Gasteiger partial charge is 0.178 e. The number of benzene rings is 1. The van der Waals surface area contributed by atoms with Gasteiger partial charge in [-0.05, 0) is 56.2 Å². The van der Waals surface area contributed by atoms with E-state index < -0.39 is 11.4 Å². The normalized spacial score (nSPS) is 20.4. The highest BCUT2D eigenvalue weighted by Crippen LogP contribution is 2.61. The highest BCUT2D eigenvalue weighted by molar-refractivity contribution is 8.04. The molecule has 4 nitrogen and oxygen atoms in total. The molecule has 0 spiro atoms. The van der Waals surface area contributed by atoms with Crippen LogP contribution in [-0.2, 0) is 9.53 Å². The summed E-state index contributed by atoms with van der Waals surface area (Å²) in [6.45, 7) is 15.8. The van der Waals surface area contributed by atoms with Gasteiger partial charge in [-0.2, -0.15) is 0 Å². The molecule has 1 aliphatic rings. The van der Waals surface area contributed by atoms with Gasteiger partial charge in [0.1, 0.15) is 30.6 Å². The van der Waals surface area contributed by atoms with Crippen molar-refractivity contribution in [3.8, 4) is 12.3 Å². The lowest BCUT2D eigenvalue weighted by atomic mass is 9.93. The average molecular weight is 489 g/mol. The molecule has 0 amide bonds. The Morgan fingerprint density at radius 2 is 2.09 bits per heavy atom. The van der Waals surface area contributed by atoms with Crippen molar-refractivity contribution >= 4 is 23.3 Å². The number of nitrogens with zero attached hydrogens (tertiary/aromatic N) is 1. The molecule has 2 N–H and O–H groups in total. The Labute approximate surface area is 206 Å². The molecule has 0 aliphatic heterocycles. The Kier molecular flexibility index (Phi) is 11.3. The van der Waals surface area contributed by atoms with E-state index in [9.17, 15) is 13.6 Å². The molecule has 1 saturated carbocycles. The second-order valence-electron chi connectivity index (χ2n) is 8.44. The molecule has 2 unspecified atom stereocenters. The number of ether oxygens (including phenoxy) is 1. The molecule has 184 valence electrons. The first-order chi connectivity index (χ1) is 15.9. The zero-order chi connectivity index (χ0) is 26.1. The van der Waals surface area contributed by atoms with E-state index in [1.54, 1.807) is 19.9 Å². The largest absolute Gasteiger partial charge is 0.484 e. The van der Waals surface area contributed by atoms with E-state index in [1.807, 2.05) is 19.9 Å². The Balaban J connectivity index is 0.000000352. The van der Waals surface area contributed by atoms with Gasteiger partial charge >= 0.3 is 0 Å². The predicted octanol–water partition coefficient (Wildman–Crippen LogP) is 6.23. The third kappa shape index (κ3) is 8.49. The van der Waals surface area contributed by atoms with Crippen molar-refractivity contribution in [1.29, 1.82) is 0 Å². The average Bonchev–Trinajstić information content (AvgIpc) is 3.47. The molecular weight excluding hydrogens is 454 g/mol. The monoisotopic (exact) mass is 488 g/mol. The zero-order valence-corrected chi connectivity index (χ0v) is 21.4. The number of aryl methyl sites for hydroxylation is 1. The molecule has 1 aromatic rings. The van der Waals surface area contributed by atoms with E-state index in [2.05, 4.69) is 24.1 Å². The van der Waals surface area contributed by atoms with Gasteiger partial charge in [-0.25, -0.2) is 13.8 Å². The van der Waals surface area contributed by atoms with Crippen LogP contribution in [0, 0.1) is 31.0 Å². The van der Waals surface area contributed by atoms with Crippen LogP contribution in [0.4, 0.5) is 8.78 Å². The molecule has 0 aromatic heterocycles. The minimum absolute atomic E-state index is 0.0116. The number of allylic oxidation sites excluding steroid dienone is 2. The lowest BCUT2D eigenvalue weighted by molar-refractivity contribution is -0.111. The van der Waals surface area contributed by atoms with E-state index in [4.69, 9.17) is 16.9 Å². The van der Waals surface area contributed by atoms with Crippen molar-refractivity contribution in [2.75, 3.05) is 13.3 Å². The quantitative estimate of drug-likeness (QED) is 0.241. The van der Waals surface area contributed by atoms with Crippen LogP contribution in [0.25, 0.3) is 0 Å². The first-order valence-corrected chi connectivity index (χ1v) is 11.6. The predicted molar refractivity (Wildman–Crippen MR) is 139 cm³/mol. The van der Waals surface area contributed by atoms with Crippen molar-refractivity contribution in [3.63, 3.8) is 0 Å². The van der Waals surface area contributed by atoms with Crippen molar-refractivity contribution in [1.82, 2.24) is 0 Å². The van der Waals surface area contributed by atoms with E-state index in [1.165, 1.54) is 31.0 Å². The molecular formula is C27H34F2N2O2S. The van der Waals surface area contributed by atoms with Gasteiger partial charge in [0.25, 0.3) is 0 Å². The standard InChI is InChI=1S/C15H19F2NS.C12H15NO2/c1-9-4-5-14(17)12(6-9)10(2)13-7-15(13,8-16)19-11(3)18;1-6-7-15-10(4)8-13-12(9(2)3)11(5)14/h4-6,10,13H,3,7-8,18H2,1-2H3;1,8H,2,7H2,3-5H3/b;10-8+,13-12?/t10?,13?,15-;/m1./s1. The van der Waals surface area contributed by atoms with Gasteiger partial charge in [-0.1, -0.05) is 55.5 Å². The van der Waals surface area contributed by atoms with Gasteiger partial charge < -0.3 is 10.5 Å². The Morgan fingerprint density at radius 3 is 2.59 bits per heavy atom. The Morgan fingerprint density at radius 1 is 1.44 bits per heavy atom. The molecule has 1 fully saturated rings. The van der Waals surface area contributed by atoms with Gasteiger partial charge in [0, 0.05) is 6.92 Å². The fraction of sp³-hybridized carbons (Fsp3) is 0.407. The summed E-state index contributed by atoms with van der Waals surface area (Å²) in [5.41, 5.74) is 8.24. The maximum Gasteiger partial charge on any atom is 0.178 e. The van der Waals surface area contributed by atoms with Crippen LogP contribution >= 0.6 is 11.8 Å². The highest BCUT2D eigenvalue weighted by atomic mass is 32.2. The van der Waals surface area contributed by atoms with Gasteiger partial charge in [0.15, 0.2) is 5.78 Å². The molecule has 0 radical (unpaired) electrons. The molecule has 7 heteroatoms. The number of alkyl halides is 1. The number of Topliss-reactive ketones (excluding diaryl/α,β-unsaturated/α-hetero) is 1. The minimum atomic E-state index is -0.499. The maximum absolute atomic E-state index is 13.9. The molecule has 2 rings (SSSR count). The van der Waals surface area contributed by atoms with Gasteiger partial charge in [0.05, 0.1) is 16.0 Å². The first-order valence-electron chi connectivity index (χ1n) is 10.8. The molecule has 34 heavy (non-hydrogen) atoms. The summed E-state index contributed by atoms with van der Waals surface area (Å²) in [6, 6.07) is 5.08. The summed E-state index contributed by atoms with van der Waals surface area (Å²) in [4.78, 5) is 15.1. The SMILES string of the molecule is C#CCO/C(C)=C/N=C(C(=C)C)C(C)=O.C=C(N)S[C@@]1(CF)CC1C(C)c1cc(C)ccc1F. The minimum Gasteiger partial charge on any atom is -0.484 e. The number of thioether (sulfide) groups is 1. The van der Waals surface area contributed by atoms with Crippen molar-refractivity contribution in [2.45, 2.75) is 51.7 Å². The zero-order valence-electron chi connectivity index (χ0n) is 20.6. The van der Waals surface area contributed by atoms with Crippen LogP contribution in [0.15, 0.2) is 58.9 Å². The lowest BCUT2D eigenvalue weighted by Gasteiger charge is -2.18. The number of carbonyl (C=O) groups is 1. The second-order valence-corrected chi connectivity index (χ2v) is 9.98. The summed E-state index contributed by atoms with van der Waals surface area (Å²) in [5, 5.41) is 0.428. The van der Waals surface area contributed by atoms with E-state index in [0.29, 0.717) is 27.6 Å². The summed E-state index contributed by atoms with van der Waals surface area (Å²) in [7, 11) is 0. The van der Waals surface area contributed by atoms with Crippen LogP contribution in [0.3, 0.4) is 0 Å². The highest BCUT2D eigenvalue weighted by Gasteiger charge is 2.58. The summed E-state index contributed by atoms with van der Waals surface area (Å²) >= 11 is 1.29. The van der Waals surface area contributed by atoms with Crippen LogP contribution in [0.1, 0.15) is 51.2 Å². The summed E-state index contributed by atoms with van der Waals surface area (Å²) < 4.78 is 31.8.